The number of nitrogens with zero attached hydrogens (tertiary/aromatic N) is 2. The molecule has 0 saturated heterocycles. The fraction of sp³-hybridized carbons (Fsp3) is 0.750. The first-order valence-electron chi connectivity index (χ1n) is 5.73. The summed E-state index contributed by atoms with van der Waals surface area (Å²) in [6.45, 7) is 2.43. The summed E-state index contributed by atoms with van der Waals surface area (Å²) in [7, 11) is -12.2. The standard InChI is InChI=1S/C8H10F6N2O6S2/c1-3-5(15-21-23(17,18)7(9,10)11)6(4-2)16-22-24(19,20)8(12,13)14/h3-4H2,1-2H3. The summed E-state index contributed by atoms with van der Waals surface area (Å²) in [6.07, 6.45) is -0.703. The molecule has 0 amide bonds. The number of alkyl halides is 6. The highest BCUT2D eigenvalue weighted by Crippen LogP contribution is 2.26. The Kier molecular flexibility index (Phi) is 7.04. The van der Waals surface area contributed by atoms with E-state index in [1.165, 1.54) is 13.8 Å². The molecule has 0 unspecified atom stereocenters. The Morgan fingerprint density at radius 1 is 0.750 bits per heavy atom. The Morgan fingerprint density at radius 2 is 1.00 bits per heavy atom. The number of hydrogen-bond acceptors (Lipinski definition) is 8. The molecular formula is C8H10F6N2O6S2. The fourth-order valence-corrected chi connectivity index (χ4v) is 1.46. The molecule has 0 saturated carbocycles. The van der Waals surface area contributed by atoms with Crippen LogP contribution in [0.15, 0.2) is 10.3 Å². The molecule has 142 valence electrons. The number of halogens is 6. The summed E-state index contributed by atoms with van der Waals surface area (Å²) >= 11 is 0. The average molecular weight is 408 g/mol. The monoisotopic (exact) mass is 408 g/mol. The molecule has 0 radical (unpaired) electrons. The molecule has 8 nitrogen and oxygen atoms in total. The van der Waals surface area contributed by atoms with Gasteiger partial charge in [-0.05, 0) is 12.8 Å². The lowest BCUT2D eigenvalue weighted by Gasteiger charge is -2.09. The third-order valence-corrected chi connectivity index (χ3v) is 3.74. The highest BCUT2D eigenvalue weighted by molar-refractivity contribution is 7.87. The van der Waals surface area contributed by atoms with Crippen LogP contribution >= 0.6 is 0 Å². The van der Waals surface area contributed by atoms with Crippen molar-refractivity contribution in [2.45, 2.75) is 37.7 Å². The third-order valence-electron chi connectivity index (χ3n) is 2.06. The van der Waals surface area contributed by atoms with Gasteiger partial charge in [0, 0.05) is 0 Å². The van der Waals surface area contributed by atoms with E-state index in [1.807, 2.05) is 0 Å². The zero-order chi connectivity index (χ0) is 19.4. The van der Waals surface area contributed by atoms with Gasteiger partial charge in [0.1, 0.15) is 11.4 Å². The summed E-state index contributed by atoms with van der Waals surface area (Å²) in [5, 5.41) is 5.27. The quantitative estimate of drug-likeness (QED) is 0.276. The summed E-state index contributed by atoms with van der Waals surface area (Å²) in [5.41, 5.74) is -12.9. The van der Waals surface area contributed by atoms with Crippen molar-refractivity contribution in [1.82, 2.24) is 0 Å². The van der Waals surface area contributed by atoms with Crippen molar-refractivity contribution in [2.24, 2.45) is 10.3 Å². The van der Waals surface area contributed by atoms with Gasteiger partial charge in [-0.1, -0.05) is 24.2 Å². The van der Waals surface area contributed by atoms with Crippen LogP contribution in [0.4, 0.5) is 26.3 Å². The molecule has 16 heteroatoms. The minimum Gasteiger partial charge on any atom is -0.262 e. The predicted octanol–water partition coefficient (Wildman–Crippen LogP) is 2.25. The smallest absolute Gasteiger partial charge is 0.262 e. The van der Waals surface area contributed by atoms with Gasteiger partial charge in [0.2, 0.25) is 0 Å². The van der Waals surface area contributed by atoms with E-state index in [1.54, 1.807) is 0 Å². The molecule has 0 atom stereocenters. The van der Waals surface area contributed by atoms with E-state index in [2.05, 4.69) is 18.9 Å². The molecule has 0 spiro atoms. The third kappa shape index (κ3) is 5.81. The van der Waals surface area contributed by atoms with Gasteiger partial charge >= 0.3 is 31.3 Å². The van der Waals surface area contributed by atoms with Crippen LogP contribution in [0.5, 0.6) is 0 Å². The van der Waals surface area contributed by atoms with E-state index in [9.17, 15) is 43.2 Å². The van der Waals surface area contributed by atoms with Gasteiger partial charge < -0.3 is 0 Å². The number of oxime groups is 2. The van der Waals surface area contributed by atoms with Crippen LogP contribution in [0.3, 0.4) is 0 Å². The van der Waals surface area contributed by atoms with Crippen molar-refractivity contribution in [3.63, 3.8) is 0 Å². The van der Waals surface area contributed by atoms with Crippen LogP contribution in [0.1, 0.15) is 26.7 Å². The van der Waals surface area contributed by atoms with Gasteiger partial charge in [-0.3, -0.25) is 8.57 Å². The second-order valence-electron chi connectivity index (χ2n) is 3.73. The van der Waals surface area contributed by atoms with E-state index in [0.29, 0.717) is 0 Å². The lowest BCUT2D eigenvalue weighted by molar-refractivity contribution is -0.0546. The molecule has 0 aliphatic carbocycles. The second kappa shape index (κ2) is 7.54. The minimum absolute atomic E-state index is 0.352. The molecule has 24 heavy (non-hydrogen) atoms. The van der Waals surface area contributed by atoms with Crippen LogP contribution in [-0.4, -0.2) is 39.3 Å². The molecule has 0 rings (SSSR count). The van der Waals surface area contributed by atoms with Crippen molar-refractivity contribution in [2.75, 3.05) is 0 Å². The van der Waals surface area contributed by atoms with Crippen LogP contribution in [0.2, 0.25) is 0 Å². The van der Waals surface area contributed by atoms with Gasteiger partial charge in [0.15, 0.2) is 0 Å². The molecule has 0 heterocycles. The van der Waals surface area contributed by atoms with E-state index in [4.69, 9.17) is 0 Å². The van der Waals surface area contributed by atoms with Crippen LogP contribution in [-0.2, 0) is 28.8 Å². The predicted molar refractivity (Wildman–Crippen MR) is 67.6 cm³/mol. The van der Waals surface area contributed by atoms with Gasteiger partial charge in [0.05, 0.1) is 0 Å². The maximum absolute atomic E-state index is 12.1. The molecular weight excluding hydrogens is 398 g/mol. The summed E-state index contributed by atoms with van der Waals surface area (Å²) < 4.78 is 122. The summed E-state index contributed by atoms with van der Waals surface area (Å²) in [5.74, 6) is 0. The van der Waals surface area contributed by atoms with Crippen molar-refractivity contribution in [3.8, 4) is 0 Å². The average Bonchev–Trinajstić information content (AvgIpc) is 2.39. The molecule has 0 aliphatic heterocycles. The molecule has 0 aromatic heterocycles. The van der Waals surface area contributed by atoms with Crippen molar-refractivity contribution in [1.29, 1.82) is 0 Å². The SMILES string of the molecule is CCC(=NOS(=O)(=O)C(F)(F)F)C(CC)=NOS(=O)(=O)C(F)(F)F. The number of hydrogen-bond donors (Lipinski definition) is 0. The first kappa shape index (κ1) is 22.4. The second-order valence-corrected chi connectivity index (χ2v) is 6.77. The van der Waals surface area contributed by atoms with Crippen molar-refractivity contribution in [3.05, 3.63) is 0 Å². The molecule has 0 bridgehead atoms. The maximum Gasteiger partial charge on any atom is 0.536 e. The zero-order valence-electron chi connectivity index (χ0n) is 11.8. The molecule has 0 fully saturated rings. The first-order chi connectivity index (χ1) is 10.6. The van der Waals surface area contributed by atoms with E-state index in [0.717, 1.165) is 0 Å². The molecule has 0 N–H and O–H groups in total. The lowest BCUT2D eigenvalue weighted by Crippen LogP contribution is -2.26. The van der Waals surface area contributed by atoms with Crippen LogP contribution < -0.4 is 0 Å². The fourth-order valence-electron chi connectivity index (χ4n) is 0.915. The van der Waals surface area contributed by atoms with Gasteiger partial charge in [-0.15, -0.1) is 0 Å². The summed E-state index contributed by atoms with van der Waals surface area (Å²) in [6, 6.07) is 0. The Hall–Kier alpha value is -1.58. The Bertz CT molecular complexity index is 644. The highest BCUT2D eigenvalue weighted by atomic mass is 32.2. The topological polar surface area (TPSA) is 111 Å². The molecule has 0 aromatic rings. The van der Waals surface area contributed by atoms with Gasteiger partial charge in [-0.2, -0.15) is 43.2 Å². The van der Waals surface area contributed by atoms with E-state index >= 15 is 0 Å². The van der Waals surface area contributed by atoms with Gasteiger partial charge in [-0.25, -0.2) is 0 Å². The maximum atomic E-state index is 12.1. The Labute approximate surface area is 132 Å². The highest BCUT2D eigenvalue weighted by Gasteiger charge is 2.50. The van der Waals surface area contributed by atoms with Crippen molar-refractivity contribution >= 4 is 31.7 Å². The van der Waals surface area contributed by atoms with Gasteiger partial charge in [0.25, 0.3) is 0 Å². The zero-order valence-corrected chi connectivity index (χ0v) is 13.5. The Morgan fingerprint density at radius 3 is 1.17 bits per heavy atom. The first-order valence-corrected chi connectivity index (χ1v) is 8.54. The molecule has 0 aromatic carbocycles. The van der Waals surface area contributed by atoms with Crippen LogP contribution in [0, 0.1) is 0 Å². The van der Waals surface area contributed by atoms with Crippen molar-refractivity contribution < 1.29 is 51.7 Å². The number of rotatable bonds is 7. The van der Waals surface area contributed by atoms with E-state index in [-0.39, 0.29) is 12.8 Å². The summed E-state index contributed by atoms with van der Waals surface area (Å²) in [4.78, 5) is 0. The van der Waals surface area contributed by atoms with E-state index < -0.39 is 42.7 Å². The van der Waals surface area contributed by atoms with Crippen LogP contribution in [0.25, 0.3) is 0 Å². The largest absolute Gasteiger partial charge is 0.536 e. The normalized spacial score (nSPS) is 15.3. The lowest BCUT2D eigenvalue weighted by atomic mass is 10.1. The minimum atomic E-state index is -6.09. The molecule has 0 aliphatic rings. The Balaban J connectivity index is 5.55.